The van der Waals surface area contributed by atoms with Gasteiger partial charge in [0.25, 0.3) is 0 Å². The third-order valence-electron chi connectivity index (χ3n) is 4.54. The zero-order valence-corrected chi connectivity index (χ0v) is 13.5. The van der Waals surface area contributed by atoms with Gasteiger partial charge in [-0.1, -0.05) is 60.1 Å². The van der Waals surface area contributed by atoms with Crippen LogP contribution in [-0.4, -0.2) is 0 Å². The van der Waals surface area contributed by atoms with Crippen molar-refractivity contribution >= 4 is 44.3 Å². The van der Waals surface area contributed by atoms with Gasteiger partial charge in [0.15, 0.2) is 0 Å². The van der Waals surface area contributed by atoms with E-state index in [4.69, 9.17) is 16.0 Å². The lowest BCUT2D eigenvalue weighted by Crippen LogP contribution is -1.81. The third kappa shape index (κ3) is 2.02. The number of benzene rings is 4. The summed E-state index contributed by atoms with van der Waals surface area (Å²) in [4.78, 5) is 0. The van der Waals surface area contributed by atoms with Gasteiger partial charge in [0.1, 0.15) is 11.2 Å². The maximum absolute atomic E-state index is 6.08. The van der Waals surface area contributed by atoms with Gasteiger partial charge in [0, 0.05) is 21.9 Å². The molecular formula is C22H13ClO. The van der Waals surface area contributed by atoms with Crippen molar-refractivity contribution in [1.82, 2.24) is 0 Å². The van der Waals surface area contributed by atoms with E-state index in [0.29, 0.717) is 5.02 Å². The summed E-state index contributed by atoms with van der Waals surface area (Å²) in [5, 5.41) is 5.39. The minimum absolute atomic E-state index is 0.691. The van der Waals surface area contributed by atoms with E-state index >= 15 is 0 Å². The maximum atomic E-state index is 6.08. The molecule has 2 heteroatoms. The molecule has 114 valence electrons. The van der Waals surface area contributed by atoms with Gasteiger partial charge in [-0.2, -0.15) is 0 Å². The Balaban J connectivity index is 1.79. The molecule has 1 nitrogen and oxygen atoms in total. The second-order valence-corrected chi connectivity index (χ2v) is 6.42. The lowest BCUT2D eigenvalue weighted by atomic mass is 9.97. The van der Waals surface area contributed by atoms with Crippen LogP contribution in [0.1, 0.15) is 0 Å². The van der Waals surface area contributed by atoms with E-state index in [-0.39, 0.29) is 0 Å². The Morgan fingerprint density at radius 3 is 2.29 bits per heavy atom. The van der Waals surface area contributed by atoms with Crippen LogP contribution in [0.15, 0.2) is 83.3 Å². The summed E-state index contributed by atoms with van der Waals surface area (Å²) < 4.78 is 6.02. The van der Waals surface area contributed by atoms with Crippen molar-refractivity contribution in [3.63, 3.8) is 0 Å². The Labute approximate surface area is 144 Å². The maximum Gasteiger partial charge on any atom is 0.136 e. The van der Waals surface area contributed by atoms with E-state index in [9.17, 15) is 0 Å². The number of rotatable bonds is 1. The first-order valence-electron chi connectivity index (χ1n) is 7.89. The van der Waals surface area contributed by atoms with Gasteiger partial charge < -0.3 is 4.42 Å². The molecule has 0 radical (unpaired) electrons. The lowest BCUT2D eigenvalue weighted by Gasteiger charge is -2.06. The van der Waals surface area contributed by atoms with E-state index in [1.54, 1.807) is 0 Å². The second kappa shape index (κ2) is 5.12. The molecule has 4 aromatic carbocycles. The normalized spacial score (nSPS) is 11.5. The fourth-order valence-corrected chi connectivity index (χ4v) is 3.56. The molecule has 1 heterocycles. The van der Waals surface area contributed by atoms with E-state index in [2.05, 4.69) is 60.7 Å². The predicted molar refractivity (Wildman–Crippen MR) is 102 cm³/mol. The first-order chi connectivity index (χ1) is 11.8. The zero-order valence-electron chi connectivity index (χ0n) is 12.8. The quantitative estimate of drug-likeness (QED) is 0.321. The van der Waals surface area contributed by atoms with Crippen LogP contribution in [0.4, 0.5) is 0 Å². The molecule has 24 heavy (non-hydrogen) atoms. The van der Waals surface area contributed by atoms with E-state index in [1.807, 2.05) is 18.2 Å². The molecule has 0 N–H and O–H groups in total. The second-order valence-electron chi connectivity index (χ2n) is 5.98. The molecule has 0 aliphatic carbocycles. The van der Waals surface area contributed by atoms with E-state index < -0.39 is 0 Å². The number of fused-ring (bicyclic) bond motifs is 4. The van der Waals surface area contributed by atoms with Crippen LogP contribution < -0.4 is 0 Å². The Kier molecular flexibility index (Phi) is 2.91. The molecular weight excluding hydrogens is 316 g/mol. The van der Waals surface area contributed by atoms with Crippen LogP contribution in [0, 0.1) is 0 Å². The first kappa shape index (κ1) is 13.6. The molecule has 0 amide bonds. The summed E-state index contributed by atoms with van der Waals surface area (Å²) in [6, 6.07) is 27.0. The molecule has 0 saturated carbocycles. The van der Waals surface area contributed by atoms with Crippen LogP contribution in [0.25, 0.3) is 43.8 Å². The van der Waals surface area contributed by atoms with Crippen LogP contribution in [0.2, 0.25) is 5.02 Å². The smallest absolute Gasteiger partial charge is 0.136 e. The highest BCUT2D eigenvalue weighted by Crippen LogP contribution is 2.35. The van der Waals surface area contributed by atoms with Crippen LogP contribution in [-0.2, 0) is 0 Å². The van der Waals surface area contributed by atoms with Crippen LogP contribution in [0.5, 0.6) is 0 Å². The highest BCUT2D eigenvalue weighted by atomic mass is 35.5. The van der Waals surface area contributed by atoms with Crippen LogP contribution in [0.3, 0.4) is 0 Å². The average molecular weight is 329 g/mol. The summed E-state index contributed by atoms with van der Waals surface area (Å²) >= 11 is 6.08. The number of furan rings is 1. The van der Waals surface area contributed by atoms with Gasteiger partial charge in [0.05, 0.1) is 0 Å². The molecule has 0 spiro atoms. The SMILES string of the molecule is Clc1ccc2c(c1)oc1cc(-c3cccc4ccccc34)ccc12. The topological polar surface area (TPSA) is 13.1 Å². The minimum Gasteiger partial charge on any atom is -0.456 e. The Morgan fingerprint density at radius 1 is 0.625 bits per heavy atom. The Bertz CT molecular complexity index is 1210. The van der Waals surface area contributed by atoms with Crippen molar-refractivity contribution in [3.05, 3.63) is 83.9 Å². The summed E-state index contributed by atoms with van der Waals surface area (Å²) in [6.07, 6.45) is 0. The van der Waals surface area contributed by atoms with Gasteiger partial charge >= 0.3 is 0 Å². The zero-order chi connectivity index (χ0) is 16.1. The van der Waals surface area contributed by atoms with Gasteiger partial charge in [-0.05, 0) is 46.2 Å². The van der Waals surface area contributed by atoms with Crippen molar-refractivity contribution in [2.45, 2.75) is 0 Å². The summed E-state index contributed by atoms with van der Waals surface area (Å²) in [5.74, 6) is 0. The minimum atomic E-state index is 0.691. The summed E-state index contributed by atoms with van der Waals surface area (Å²) in [5.41, 5.74) is 4.09. The van der Waals surface area contributed by atoms with E-state index in [0.717, 1.165) is 27.5 Å². The van der Waals surface area contributed by atoms with Crippen LogP contribution >= 0.6 is 11.6 Å². The molecule has 0 fully saturated rings. The molecule has 0 aliphatic rings. The molecule has 0 unspecified atom stereocenters. The van der Waals surface area contributed by atoms with Crippen molar-refractivity contribution in [3.8, 4) is 11.1 Å². The third-order valence-corrected chi connectivity index (χ3v) is 4.77. The fraction of sp³-hybridized carbons (Fsp3) is 0. The Morgan fingerprint density at radius 2 is 1.38 bits per heavy atom. The van der Waals surface area contributed by atoms with Gasteiger partial charge in [-0.25, -0.2) is 0 Å². The highest BCUT2D eigenvalue weighted by molar-refractivity contribution is 6.31. The van der Waals surface area contributed by atoms with Crippen molar-refractivity contribution in [2.24, 2.45) is 0 Å². The molecule has 0 atom stereocenters. The number of hydrogen-bond acceptors (Lipinski definition) is 1. The average Bonchev–Trinajstić information content (AvgIpc) is 2.97. The molecule has 0 aliphatic heterocycles. The standard InChI is InChI=1S/C22H13ClO/c23-16-9-11-20-19-10-8-15(12-21(19)24-22(20)13-16)18-7-3-5-14-4-1-2-6-17(14)18/h1-13H. The van der Waals surface area contributed by atoms with Gasteiger partial charge in [0.2, 0.25) is 0 Å². The van der Waals surface area contributed by atoms with Gasteiger partial charge in [-0.15, -0.1) is 0 Å². The molecule has 0 saturated heterocycles. The molecule has 0 bridgehead atoms. The molecule has 1 aromatic heterocycles. The number of hydrogen-bond donors (Lipinski definition) is 0. The Hall–Kier alpha value is -2.77. The largest absolute Gasteiger partial charge is 0.456 e. The van der Waals surface area contributed by atoms with Crippen molar-refractivity contribution in [2.75, 3.05) is 0 Å². The highest BCUT2D eigenvalue weighted by Gasteiger charge is 2.10. The number of halogens is 1. The molecule has 5 aromatic rings. The summed E-state index contributed by atoms with van der Waals surface area (Å²) in [6.45, 7) is 0. The lowest BCUT2D eigenvalue weighted by molar-refractivity contribution is 0.669. The predicted octanol–water partition coefficient (Wildman–Crippen LogP) is 7.06. The van der Waals surface area contributed by atoms with Crippen molar-refractivity contribution < 1.29 is 4.42 Å². The first-order valence-corrected chi connectivity index (χ1v) is 8.27. The summed E-state index contributed by atoms with van der Waals surface area (Å²) in [7, 11) is 0. The molecule has 5 rings (SSSR count). The van der Waals surface area contributed by atoms with E-state index in [1.165, 1.54) is 16.3 Å². The fourth-order valence-electron chi connectivity index (χ4n) is 3.40. The van der Waals surface area contributed by atoms with Gasteiger partial charge in [-0.3, -0.25) is 0 Å². The van der Waals surface area contributed by atoms with Crippen molar-refractivity contribution in [1.29, 1.82) is 0 Å². The monoisotopic (exact) mass is 328 g/mol.